The number of rotatable bonds is 8. The van der Waals surface area contributed by atoms with Gasteiger partial charge < -0.3 is 24.4 Å². The SMILES string of the molecule is COc1ccc2c(c1)C[C@@H](C(=O)Nc1ccc(-c3cn[nH]c3C)cc1OCCN(C)C)CO2. The maximum absolute atomic E-state index is 13.1. The molecule has 174 valence electrons. The third-order valence-electron chi connectivity index (χ3n) is 5.72. The van der Waals surface area contributed by atoms with Crippen molar-refractivity contribution in [3.63, 3.8) is 0 Å². The lowest BCUT2D eigenvalue weighted by Gasteiger charge is -2.25. The molecule has 0 fully saturated rings. The highest BCUT2D eigenvalue weighted by Crippen LogP contribution is 2.34. The highest BCUT2D eigenvalue weighted by Gasteiger charge is 2.27. The number of methoxy groups -OCH3 is 1. The number of hydrogen-bond acceptors (Lipinski definition) is 6. The van der Waals surface area contributed by atoms with E-state index < -0.39 is 0 Å². The molecule has 1 atom stereocenters. The second-order valence-electron chi connectivity index (χ2n) is 8.45. The molecule has 4 rings (SSSR count). The van der Waals surface area contributed by atoms with Gasteiger partial charge in [0.05, 0.1) is 24.9 Å². The number of carbonyl (C=O) groups is 1. The summed E-state index contributed by atoms with van der Waals surface area (Å²) in [6, 6.07) is 11.5. The molecule has 33 heavy (non-hydrogen) atoms. The van der Waals surface area contributed by atoms with Crippen molar-refractivity contribution < 1.29 is 19.0 Å². The normalized spacial score (nSPS) is 15.0. The highest BCUT2D eigenvalue weighted by atomic mass is 16.5. The number of nitrogens with zero attached hydrogens (tertiary/aromatic N) is 2. The largest absolute Gasteiger partial charge is 0.497 e. The van der Waals surface area contributed by atoms with Crippen LogP contribution in [0.15, 0.2) is 42.6 Å². The molecule has 1 aliphatic rings. The summed E-state index contributed by atoms with van der Waals surface area (Å²) in [6.07, 6.45) is 2.37. The number of ether oxygens (including phenoxy) is 3. The molecule has 1 aliphatic heterocycles. The highest BCUT2D eigenvalue weighted by molar-refractivity contribution is 5.95. The topological polar surface area (TPSA) is 88.7 Å². The van der Waals surface area contributed by atoms with Gasteiger partial charge in [0.1, 0.15) is 30.5 Å². The van der Waals surface area contributed by atoms with Crippen LogP contribution in [0.25, 0.3) is 11.1 Å². The summed E-state index contributed by atoms with van der Waals surface area (Å²) < 4.78 is 17.2. The summed E-state index contributed by atoms with van der Waals surface area (Å²) in [5.41, 5.74) is 4.55. The number of anilines is 1. The van der Waals surface area contributed by atoms with Crippen LogP contribution < -0.4 is 19.5 Å². The van der Waals surface area contributed by atoms with Gasteiger partial charge in [0.25, 0.3) is 0 Å². The zero-order chi connectivity index (χ0) is 23.4. The van der Waals surface area contributed by atoms with Crippen molar-refractivity contribution in [2.75, 3.05) is 46.3 Å². The van der Waals surface area contributed by atoms with E-state index in [1.165, 1.54) is 0 Å². The van der Waals surface area contributed by atoms with Gasteiger partial charge >= 0.3 is 0 Å². The van der Waals surface area contributed by atoms with Crippen LogP contribution in [0.5, 0.6) is 17.2 Å². The zero-order valence-electron chi connectivity index (χ0n) is 19.5. The average Bonchev–Trinajstić information content (AvgIpc) is 3.24. The maximum atomic E-state index is 13.1. The number of aromatic nitrogens is 2. The lowest BCUT2D eigenvalue weighted by molar-refractivity contribution is -0.121. The molecule has 1 amide bonds. The van der Waals surface area contributed by atoms with Crippen molar-refractivity contribution in [3.05, 3.63) is 53.9 Å². The molecular weight excluding hydrogens is 420 g/mol. The van der Waals surface area contributed by atoms with E-state index >= 15 is 0 Å². The Bertz CT molecular complexity index is 1130. The van der Waals surface area contributed by atoms with E-state index in [1.807, 2.05) is 62.3 Å². The van der Waals surface area contributed by atoms with E-state index in [4.69, 9.17) is 14.2 Å². The minimum Gasteiger partial charge on any atom is -0.497 e. The summed E-state index contributed by atoms with van der Waals surface area (Å²) >= 11 is 0. The molecule has 1 aromatic heterocycles. The predicted octanol–water partition coefficient (Wildman–Crippen LogP) is 3.52. The Hall–Kier alpha value is -3.52. The number of H-pyrrole nitrogens is 1. The molecular formula is C25H30N4O4. The van der Waals surface area contributed by atoms with Crippen LogP contribution in [0.4, 0.5) is 5.69 Å². The Kier molecular flexibility index (Phi) is 6.84. The number of benzene rings is 2. The van der Waals surface area contributed by atoms with Gasteiger partial charge in [0.2, 0.25) is 5.91 Å². The van der Waals surface area contributed by atoms with Crippen LogP contribution in [0.2, 0.25) is 0 Å². The van der Waals surface area contributed by atoms with E-state index in [1.54, 1.807) is 13.3 Å². The van der Waals surface area contributed by atoms with Crippen molar-refractivity contribution in [3.8, 4) is 28.4 Å². The number of likely N-dealkylation sites (N-methyl/N-ethyl adjacent to an activating group) is 1. The molecule has 2 heterocycles. The third kappa shape index (κ3) is 5.28. The molecule has 0 bridgehead atoms. The van der Waals surface area contributed by atoms with Gasteiger partial charge in [-0.1, -0.05) is 6.07 Å². The molecule has 0 saturated carbocycles. The summed E-state index contributed by atoms with van der Waals surface area (Å²) in [4.78, 5) is 15.2. The molecule has 2 N–H and O–H groups in total. The van der Waals surface area contributed by atoms with Gasteiger partial charge in [-0.2, -0.15) is 5.10 Å². The number of hydrogen-bond donors (Lipinski definition) is 2. The predicted molar refractivity (Wildman–Crippen MR) is 127 cm³/mol. The zero-order valence-corrected chi connectivity index (χ0v) is 19.5. The number of amides is 1. The van der Waals surface area contributed by atoms with Crippen molar-refractivity contribution >= 4 is 11.6 Å². The van der Waals surface area contributed by atoms with Crippen LogP contribution >= 0.6 is 0 Å². The van der Waals surface area contributed by atoms with E-state index in [0.717, 1.165) is 40.4 Å². The first-order chi connectivity index (χ1) is 15.9. The Balaban J connectivity index is 1.53. The van der Waals surface area contributed by atoms with E-state index in [2.05, 4.69) is 15.5 Å². The number of carbonyl (C=O) groups excluding carboxylic acids is 1. The standard InChI is InChI=1S/C25H30N4O4/c1-16-21(14-26-28-16)17-5-7-22(24(13-17)32-10-9-29(2)3)27-25(30)19-11-18-12-20(31-4)6-8-23(18)33-15-19/h5-8,12-14,19H,9-11,15H2,1-4H3,(H,26,28)(H,27,30)/t19-/m1/s1. The summed E-state index contributed by atoms with van der Waals surface area (Å²) in [6.45, 7) is 3.57. The maximum Gasteiger partial charge on any atom is 0.231 e. The van der Waals surface area contributed by atoms with Crippen LogP contribution in [0, 0.1) is 12.8 Å². The first-order valence-electron chi connectivity index (χ1n) is 11.0. The first kappa shape index (κ1) is 22.7. The van der Waals surface area contributed by atoms with E-state index in [-0.39, 0.29) is 11.8 Å². The quantitative estimate of drug-likeness (QED) is 0.546. The average molecular weight is 451 g/mol. The molecule has 0 unspecified atom stereocenters. The van der Waals surface area contributed by atoms with Crippen LogP contribution in [-0.4, -0.2) is 62.0 Å². The number of aromatic amines is 1. The van der Waals surface area contributed by atoms with Gasteiger partial charge in [-0.15, -0.1) is 0 Å². The fourth-order valence-electron chi connectivity index (χ4n) is 3.79. The van der Waals surface area contributed by atoms with Gasteiger partial charge in [-0.25, -0.2) is 0 Å². The molecule has 8 heteroatoms. The van der Waals surface area contributed by atoms with Gasteiger partial charge in [-0.05, 0) is 68.9 Å². The molecule has 0 aliphatic carbocycles. The van der Waals surface area contributed by atoms with E-state index in [0.29, 0.717) is 31.1 Å². The Morgan fingerprint density at radius 3 is 2.85 bits per heavy atom. The Morgan fingerprint density at radius 2 is 2.12 bits per heavy atom. The van der Waals surface area contributed by atoms with Gasteiger partial charge in [0.15, 0.2) is 0 Å². The lowest BCUT2D eigenvalue weighted by atomic mass is 9.95. The summed E-state index contributed by atoms with van der Waals surface area (Å²) in [7, 11) is 5.61. The smallest absolute Gasteiger partial charge is 0.231 e. The molecule has 0 spiro atoms. The van der Waals surface area contributed by atoms with Crippen molar-refractivity contribution in [2.45, 2.75) is 13.3 Å². The van der Waals surface area contributed by atoms with Crippen LogP contribution in [-0.2, 0) is 11.2 Å². The molecule has 0 radical (unpaired) electrons. The first-order valence-corrected chi connectivity index (χ1v) is 11.0. The summed E-state index contributed by atoms with van der Waals surface area (Å²) in [5, 5.41) is 10.1. The molecule has 8 nitrogen and oxygen atoms in total. The fraction of sp³-hybridized carbons (Fsp3) is 0.360. The number of fused-ring (bicyclic) bond motifs is 1. The van der Waals surface area contributed by atoms with Crippen molar-refractivity contribution in [1.29, 1.82) is 0 Å². The number of aryl methyl sites for hydroxylation is 1. The van der Waals surface area contributed by atoms with Crippen LogP contribution in [0.1, 0.15) is 11.3 Å². The van der Waals surface area contributed by atoms with Crippen molar-refractivity contribution in [2.24, 2.45) is 5.92 Å². The molecule has 0 saturated heterocycles. The Morgan fingerprint density at radius 1 is 1.27 bits per heavy atom. The summed E-state index contributed by atoms with van der Waals surface area (Å²) in [5.74, 6) is 1.76. The number of nitrogens with one attached hydrogen (secondary N) is 2. The van der Waals surface area contributed by atoms with Gasteiger partial charge in [0, 0.05) is 17.8 Å². The monoisotopic (exact) mass is 450 g/mol. The lowest BCUT2D eigenvalue weighted by Crippen LogP contribution is -2.32. The van der Waals surface area contributed by atoms with Crippen molar-refractivity contribution in [1.82, 2.24) is 15.1 Å². The van der Waals surface area contributed by atoms with E-state index in [9.17, 15) is 4.79 Å². The third-order valence-corrected chi connectivity index (χ3v) is 5.72. The Labute approximate surface area is 193 Å². The fourth-order valence-corrected chi connectivity index (χ4v) is 3.79. The molecule has 3 aromatic rings. The second-order valence-corrected chi connectivity index (χ2v) is 8.45. The minimum atomic E-state index is -0.310. The van der Waals surface area contributed by atoms with Crippen LogP contribution in [0.3, 0.4) is 0 Å². The van der Waals surface area contributed by atoms with Gasteiger partial charge in [-0.3, -0.25) is 9.89 Å². The second kappa shape index (κ2) is 9.95. The molecule has 2 aromatic carbocycles. The minimum absolute atomic E-state index is 0.104.